The number of para-hydroxylation sites is 2. The van der Waals surface area contributed by atoms with Crippen molar-refractivity contribution < 1.29 is 23.8 Å². The number of nitrogens with zero attached hydrogens (tertiary/aromatic N) is 1. The van der Waals surface area contributed by atoms with Gasteiger partial charge in [0.15, 0.2) is 11.5 Å². The molecule has 0 saturated carbocycles. The van der Waals surface area contributed by atoms with E-state index in [0.717, 1.165) is 28.0 Å². The van der Waals surface area contributed by atoms with Crippen LogP contribution >= 0.6 is 0 Å². The summed E-state index contributed by atoms with van der Waals surface area (Å²) in [6.07, 6.45) is 1.68. The van der Waals surface area contributed by atoms with Crippen LogP contribution in [0, 0.1) is 0 Å². The molecule has 0 fully saturated rings. The Balaban J connectivity index is 1.43. The molecule has 44 heavy (non-hydrogen) atoms. The van der Waals surface area contributed by atoms with E-state index in [2.05, 4.69) is 25.9 Å². The number of hydrogen-bond acceptors (Lipinski definition) is 8. The monoisotopic (exact) mass is 599 g/mol. The summed E-state index contributed by atoms with van der Waals surface area (Å²) in [6.45, 7) is 3.53. The van der Waals surface area contributed by atoms with Crippen molar-refractivity contribution >= 4 is 28.5 Å². The number of amides is 2. The number of carbonyl (C=O) groups excluding carboxylic acids is 2. The molecular formula is C33H37N5O6. The second kappa shape index (κ2) is 13.1. The summed E-state index contributed by atoms with van der Waals surface area (Å²) in [5.74, 6) is 1.74. The van der Waals surface area contributed by atoms with Gasteiger partial charge in [0.2, 0.25) is 23.0 Å². The van der Waals surface area contributed by atoms with E-state index in [1.54, 1.807) is 27.2 Å². The fourth-order valence-electron chi connectivity index (χ4n) is 5.71. The predicted octanol–water partition coefficient (Wildman–Crippen LogP) is 3.90. The minimum atomic E-state index is -0.696. The van der Waals surface area contributed by atoms with Crippen molar-refractivity contribution in [2.75, 3.05) is 33.2 Å². The van der Waals surface area contributed by atoms with Crippen LogP contribution in [-0.4, -0.2) is 55.7 Å². The number of aromatic amines is 1. The number of aryl methyl sites for hydroxylation is 1. The molecular weight excluding hydrogens is 562 g/mol. The van der Waals surface area contributed by atoms with Crippen molar-refractivity contribution in [3.05, 3.63) is 75.7 Å². The van der Waals surface area contributed by atoms with E-state index in [1.165, 1.54) is 20.1 Å². The first kappa shape index (κ1) is 30.4. The van der Waals surface area contributed by atoms with E-state index in [9.17, 15) is 14.4 Å². The Bertz CT molecular complexity index is 1740. The molecule has 1 aliphatic carbocycles. The van der Waals surface area contributed by atoms with Gasteiger partial charge < -0.3 is 35.1 Å². The van der Waals surface area contributed by atoms with Crippen LogP contribution in [0.2, 0.25) is 0 Å². The van der Waals surface area contributed by atoms with E-state index in [-0.39, 0.29) is 22.9 Å². The highest BCUT2D eigenvalue weighted by Gasteiger charge is 2.29. The second-order valence-corrected chi connectivity index (χ2v) is 10.7. The van der Waals surface area contributed by atoms with Crippen LogP contribution < -0.4 is 35.6 Å². The third-order valence-electron chi connectivity index (χ3n) is 7.78. The van der Waals surface area contributed by atoms with Crippen LogP contribution in [0.5, 0.6) is 17.2 Å². The molecule has 3 aromatic carbocycles. The number of nitrogens with one attached hydrogen (secondary N) is 4. The number of anilines is 1. The molecule has 1 aliphatic rings. The third-order valence-corrected chi connectivity index (χ3v) is 7.78. The van der Waals surface area contributed by atoms with E-state index in [0.29, 0.717) is 54.2 Å². The maximum Gasteiger partial charge on any atom is 0.242 e. The number of benzene rings is 2. The number of carbonyl (C=O) groups is 2. The molecule has 11 nitrogen and oxygen atoms in total. The number of H-pyrrole nitrogens is 1. The van der Waals surface area contributed by atoms with Gasteiger partial charge in [0.25, 0.3) is 0 Å². The fraction of sp³-hybridized carbons (Fsp3) is 0.333. The summed E-state index contributed by atoms with van der Waals surface area (Å²) >= 11 is 0. The van der Waals surface area contributed by atoms with Crippen LogP contribution in [-0.2, 0) is 22.4 Å². The molecule has 1 heterocycles. The van der Waals surface area contributed by atoms with Gasteiger partial charge >= 0.3 is 0 Å². The highest BCUT2D eigenvalue weighted by Crippen LogP contribution is 2.50. The Labute approximate surface area is 255 Å². The Morgan fingerprint density at radius 1 is 1.05 bits per heavy atom. The lowest BCUT2D eigenvalue weighted by Gasteiger charge is -2.19. The fourth-order valence-corrected chi connectivity index (χ4v) is 5.71. The van der Waals surface area contributed by atoms with Crippen molar-refractivity contribution in [1.29, 1.82) is 0 Å². The smallest absolute Gasteiger partial charge is 0.242 e. The quantitative estimate of drug-likeness (QED) is 0.215. The van der Waals surface area contributed by atoms with E-state index < -0.39 is 12.1 Å². The zero-order valence-electron chi connectivity index (χ0n) is 25.5. The average Bonchev–Trinajstić information content (AvgIpc) is 3.29. The number of fused-ring (bicyclic) bond motifs is 4. The van der Waals surface area contributed by atoms with E-state index >= 15 is 0 Å². The van der Waals surface area contributed by atoms with Crippen LogP contribution in [0.15, 0.2) is 53.3 Å². The van der Waals surface area contributed by atoms with Gasteiger partial charge in [-0.3, -0.25) is 14.4 Å². The van der Waals surface area contributed by atoms with Gasteiger partial charge in [-0.2, -0.15) is 0 Å². The molecule has 0 aliphatic heterocycles. The molecule has 230 valence electrons. The first-order valence-corrected chi connectivity index (χ1v) is 14.5. The Morgan fingerprint density at radius 2 is 1.82 bits per heavy atom. The summed E-state index contributed by atoms with van der Waals surface area (Å²) < 4.78 is 17.1. The van der Waals surface area contributed by atoms with Crippen LogP contribution in [0.3, 0.4) is 0 Å². The maximum atomic E-state index is 13.6. The standard InChI is InChI=1S/C33H37N5O6/c1-18(33(41)34-15-14-29-37-24-8-6-7-9-25(24)38-29)35-26-13-11-21-22(17-27(26)40)23(36-19(2)39)12-10-20-16-28(42-3)31(43-4)32(44-5)30(20)21/h6-9,11,13,16-18,23H,10,12,14-15H2,1-5H3,(H,34,41)(H,35,40)(H,36,39)(H,37,38)/t18-,23-/m0/s1. The minimum absolute atomic E-state index is 0.209. The van der Waals surface area contributed by atoms with Crippen molar-refractivity contribution in [3.63, 3.8) is 0 Å². The van der Waals surface area contributed by atoms with Gasteiger partial charge in [-0.25, -0.2) is 4.98 Å². The number of rotatable bonds is 10. The topological polar surface area (TPSA) is 144 Å². The first-order valence-electron chi connectivity index (χ1n) is 14.5. The lowest BCUT2D eigenvalue weighted by atomic mass is 9.95. The Kier molecular flexibility index (Phi) is 9.03. The Hall–Kier alpha value is -5.06. The number of imidazole rings is 1. The average molecular weight is 600 g/mol. The first-order chi connectivity index (χ1) is 21.2. The predicted molar refractivity (Wildman–Crippen MR) is 169 cm³/mol. The zero-order chi connectivity index (χ0) is 31.4. The van der Waals surface area contributed by atoms with Crippen molar-refractivity contribution in [2.45, 2.75) is 45.2 Å². The molecule has 0 radical (unpaired) electrons. The highest BCUT2D eigenvalue weighted by atomic mass is 16.5. The Morgan fingerprint density at radius 3 is 2.52 bits per heavy atom. The highest BCUT2D eigenvalue weighted by molar-refractivity contribution is 5.86. The van der Waals surface area contributed by atoms with Gasteiger partial charge in [-0.15, -0.1) is 0 Å². The minimum Gasteiger partial charge on any atom is -0.493 e. The van der Waals surface area contributed by atoms with Crippen molar-refractivity contribution in [1.82, 2.24) is 20.6 Å². The number of methoxy groups -OCH3 is 3. The summed E-state index contributed by atoms with van der Waals surface area (Å²) in [5.41, 5.74) is 4.80. The molecule has 0 spiro atoms. The number of ether oxygens (including phenoxy) is 3. The van der Waals surface area contributed by atoms with Gasteiger partial charge in [0, 0.05) is 25.5 Å². The lowest BCUT2D eigenvalue weighted by molar-refractivity contribution is -0.121. The molecule has 2 amide bonds. The molecule has 5 rings (SSSR count). The van der Waals surface area contributed by atoms with Crippen molar-refractivity contribution in [2.24, 2.45) is 0 Å². The zero-order valence-corrected chi connectivity index (χ0v) is 25.5. The lowest BCUT2D eigenvalue weighted by Crippen LogP contribution is -2.39. The van der Waals surface area contributed by atoms with E-state index in [1.807, 2.05) is 36.4 Å². The van der Waals surface area contributed by atoms with E-state index in [4.69, 9.17) is 14.2 Å². The summed E-state index contributed by atoms with van der Waals surface area (Å²) in [6, 6.07) is 13.5. The van der Waals surface area contributed by atoms with Crippen LogP contribution in [0.4, 0.5) is 5.69 Å². The molecule has 0 saturated heterocycles. The second-order valence-electron chi connectivity index (χ2n) is 10.7. The normalized spacial score (nSPS) is 14.4. The summed E-state index contributed by atoms with van der Waals surface area (Å²) in [7, 11) is 4.65. The van der Waals surface area contributed by atoms with Gasteiger partial charge in [0.1, 0.15) is 11.9 Å². The summed E-state index contributed by atoms with van der Waals surface area (Å²) in [4.78, 5) is 46.5. The molecule has 0 unspecified atom stereocenters. The molecule has 11 heteroatoms. The van der Waals surface area contributed by atoms with Gasteiger partial charge in [0.05, 0.1) is 44.1 Å². The molecule has 4 N–H and O–H groups in total. The number of hydrogen-bond donors (Lipinski definition) is 4. The molecule has 4 aromatic rings. The SMILES string of the molecule is COc1cc2c(c(OC)c1OC)-c1ccc(N[C@@H](C)C(=O)NCCc3nc4ccccc4[nH]3)c(=O)cc1[C@@H](NC(C)=O)CC2. The van der Waals surface area contributed by atoms with Crippen LogP contribution in [0.25, 0.3) is 22.2 Å². The molecule has 2 atom stereocenters. The largest absolute Gasteiger partial charge is 0.493 e. The number of aromatic nitrogens is 2. The maximum absolute atomic E-state index is 13.6. The third kappa shape index (κ3) is 6.17. The molecule has 1 aromatic heterocycles. The summed E-state index contributed by atoms with van der Waals surface area (Å²) in [5, 5.41) is 8.99. The van der Waals surface area contributed by atoms with Gasteiger partial charge in [-0.05, 0) is 66.8 Å². The van der Waals surface area contributed by atoms with Crippen molar-refractivity contribution in [3.8, 4) is 28.4 Å². The van der Waals surface area contributed by atoms with Gasteiger partial charge in [-0.1, -0.05) is 18.2 Å². The molecule has 0 bridgehead atoms. The van der Waals surface area contributed by atoms with Crippen LogP contribution in [0.1, 0.15) is 43.3 Å².